The number of hydrogen-bond acceptors (Lipinski definition) is 5. The smallest absolute Gasteiger partial charge is 0.416 e. The molecule has 3 N–H and O–H groups in total. The number of aliphatic hydroxyl groups is 1. The second-order valence-corrected chi connectivity index (χ2v) is 12.2. The van der Waals surface area contributed by atoms with Crippen LogP contribution in [0.15, 0.2) is 72.9 Å². The molecule has 3 aromatic carbocycles. The van der Waals surface area contributed by atoms with Gasteiger partial charge in [-0.15, -0.1) is 0 Å². The first-order valence-electron chi connectivity index (χ1n) is 15.5. The molecule has 1 aliphatic heterocycles. The molecule has 4 amide bonds. The fourth-order valence-corrected chi connectivity index (χ4v) is 5.78. The molecule has 0 saturated carbocycles. The van der Waals surface area contributed by atoms with Crippen molar-refractivity contribution in [3.8, 4) is 5.75 Å². The second kappa shape index (κ2) is 14.0. The third-order valence-corrected chi connectivity index (χ3v) is 8.54. The Morgan fingerprint density at radius 1 is 1.06 bits per heavy atom. The number of benzene rings is 3. The van der Waals surface area contributed by atoms with Crippen molar-refractivity contribution < 1.29 is 37.4 Å². The zero-order valence-electron chi connectivity index (χ0n) is 27.0. The molecule has 13 heteroatoms. The van der Waals surface area contributed by atoms with E-state index < -0.39 is 29.9 Å². The largest absolute Gasteiger partial charge is 0.487 e. The number of halogens is 3. The third-order valence-electron chi connectivity index (χ3n) is 8.54. The Morgan fingerprint density at radius 3 is 2.44 bits per heavy atom. The van der Waals surface area contributed by atoms with Crippen molar-refractivity contribution in [1.29, 1.82) is 0 Å². The van der Waals surface area contributed by atoms with Gasteiger partial charge < -0.3 is 34.8 Å². The third kappa shape index (κ3) is 7.57. The highest BCUT2D eigenvalue weighted by atomic mass is 19.4. The Morgan fingerprint density at radius 2 is 1.75 bits per heavy atom. The predicted molar refractivity (Wildman–Crippen MR) is 176 cm³/mol. The average molecular weight is 666 g/mol. The van der Waals surface area contributed by atoms with Gasteiger partial charge in [0.05, 0.1) is 36.7 Å². The summed E-state index contributed by atoms with van der Waals surface area (Å²) in [6.45, 7) is 3.59. The van der Waals surface area contributed by atoms with Crippen molar-refractivity contribution in [1.82, 2.24) is 14.4 Å². The van der Waals surface area contributed by atoms with Crippen molar-refractivity contribution >= 4 is 40.1 Å². The van der Waals surface area contributed by atoms with Crippen LogP contribution < -0.4 is 15.4 Å². The zero-order valence-corrected chi connectivity index (χ0v) is 27.0. The van der Waals surface area contributed by atoms with E-state index in [2.05, 4.69) is 10.6 Å². The molecule has 0 spiro atoms. The van der Waals surface area contributed by atoms with Crippen molar-refractivity contribution in [3.05, 3.63) is 89.6 Å². The lowest BCUT2D eigenvalue weighted by atomic mass is 9.99. The molecule has 5 rings (SSSR count). The molecule has 0 saturated heterocycles. The molecule has 4 aromatic rings. The average Bonchev–Trinajstić information content (AvgIpc) is 3.36. The molecular formula is C35H38F3N5O5. The van der Waals surface area contributed by atoms with E-state index in [1.165, 1.54) is 24.1 Å². The highest BCUT2D eigenvalue weighted by Gasteiger charge is 2.34. The monoisotopic (exact) mass is 665 g/mol. The van der Waals surface area contributed by atoms with Crippen LogP contribution >= 0.6 is 0 Å². The van der Waals surface area contributed by atoms with Gasteiger partial charge in [0.2, 0.25) is 5.91 Å². The van der Waals surface area contributed by atoms with Gasteiger partial charge in [0.15, 0.2) is 0 Å². The summed E-state index contributed by atoms with van der Waals surface area (Å²) in [4.78, 5) is 42.8. The molecule has 1 aliphatic rings. The number of aryl methyl sites for hydroxylation is 1. The summed E-state index contributed by atoms with van der Waals surface area (Å²) in [6.07, 6.45) is -3.07. The lowest BCUT2D eigenvalue weighted by Gasteiger charge is -2.38. The number of carbonyl (C=O) groups excluding carboxylic acids is 3. The molecule has 10 nitrogen and oxygen atoms in total. The molecule has 48 heavy (non-hydrogen) atoms. The number of amides is 4. The number of para-hydroxylation sites is 1. The van der Waals surface area contributed by atoms with Crippen LogP contribution in [0.25, 0.3) is 10.9 Å². The van der Waals surface area contributed by atoms with E-state index in [1.807, 2.05) is 49.0 Å². The maximum Gasteiger partial charge on any atom is 0.416 e. The van der Waals surface area contributed by atoms with Crippen LogP contribution in [-0.2, 0) is 24.4 Å². The normalized spacial score (nSPS) is 17.2. The molecule has 3 atom stereocenters. The van der Waals surface area contributed by atoms with Crippen LogP contribution in [0.1, 0.15) is 35.3 Å². The van der Waals surface area contributed by atoms with E-state index in [0.29, 0.717) is 5.69 Å². The number of carbonyl (C=O) groups is 3. The summed E-state index contributed by atoms with van der Waals surface area (Å²) in [5.74, 6) is -0.693. The number of ether oxygens (including phenoxy) is 1. The molecule has 254 valence electrons. The fourth-order valence-electron chi connectivity index (χ4n) is 5.78. The van der Waals surface area contributed by atoms with Gasteiger partial charge in [0.25, 0.3) is 5.91 Å². The number of urea groups is 1. The SMILES string of the molecule is C[C@@H]1CN([C@H](C)CO)C(=O)c2cc(NC(=O)Cc3cn(C)c4ccccc34)ccc2O[C@H]1CN(C)C(=O)Nc1ccc(C(F)(F)F)cc1. The zero-order chi connectivity index (χ0) is 34.7. The molecular weight excluding hydrogens is 627 g/mol. The number of rotatable bonds is 8. The van der Waals surface area contributed by atoms with Crippen molar-refractivity contribution in [2.45, 2.75) is 38.6 Å². The van der Waals surface area contributed by atoms with Crippen molar-refractivity contribution in [2.75, 3.05) is 37.4 Å². The van der Waals surface area contributed by atoms with Crippen LogP contribution in [0.5, 0.6) is 5.75 Å². The quantitative estimate of drug-likeness (QED) is 0.221. The number of nitrogens with zero attached hydrogens (tertiary/aromatic N) is 3. The van der Waals surface area contributed by atoms with Crippen LogP contribution in [0.3, 0.4) is 0 Å². The Bertz CT molecular complexity index is 1810. The second-order valence-electron chi connectivity index (χ2n) is 12.2. The Hall–Kier alpha value is -5.04. The van der Waals surface area contributed by atoms with Gasteiger partial charge in [-0.3, -0.25) is 9.59 Å². The number of aliphatic hydroxyl groups excluding tert-OH is 1. The standard InChI is InChI=1S/C35H38F3N5O5/c1-21-17-43(22(2)20-44)33(46)28-16-26(39-32(45)15-23-18-41(3)29-8-6-5-7-27(23)29)13-14-30(28)48-31(21)19-42(4)34(47)40-25-11-9-24(10-12-25)35(36,37)38/h5-14,16,18,21-22,31,44H,15,17,19-20H2,1-4H3,(H,39,45)(H,40,47)/t21-,22-,31+/m1/s1. The summed E-state index contributed by atoms with van der Waals surface area (Å²) in [5.41, 5.74) is 1.82. The minimum atomic E-state index is -4.49. The van der Waals surface area contributed by atoms with Gasteiger partial charge in [-0.1, -0.05) is 25.1 Å². The van der Waals surface area contributed by atoms with Crippen molar-refractivity contribution in [2.24, 2.45) is 13.0 Å². The minimum Gasteiger partial charge on any atom is -0.487 e. The molecule has 2 heterocycles. The van der Waals surface area contributed by atoms with E-state index in [0.717, 1.165) is 28.6 Å². The van der Waals surface area contributed by atoms with Gasteiger partial charge in [-0.25, -0.2) is 4.79 Å². The number of nitrogens with one attached hydrogen (secondary N) is 2. The molecule has 0 bridgehead atoms. The summed E-state index contributed by atoms with van der Waals surface area (Å²) in [7, 11) is 3.45. The number of fused-ring (bicyclic) bond motifs is 2. The van der Waals surface area contributed by atoms with Crippen LogP contribution in [0, 0.1) is 5.92 Å². The van der Waals surface area contributed by atoms with E-state index >= 15 is 0 Å². The first-order valence-corrected chi connectivity index (χ1v) is 15.5. The van der Waals surface area contributed by atoms with E-state index in [-0.39, 0.29) is 60.8 Å². The highest BCUT2D eigenvalue weighted by Crippen LogP contribution is 2.32. The molecule has 0 fully saturated rings. The number of likely N-dealkylation sites (N-methyl/N-ethyl adjacent to an activating group) is 1. The first kappa shape index (κ1) is 34.3. The van der Waals surface area contributed by atoms with E-state index in [1.54, 1.807) is 30.0 Å². The summed E-state index contributed by atoms with van der Waals surface area (Å²) in [5, 5.41) is 16.4. The Balaban J connectivity index is 1.34. The van der Waals surface area contributed by atoms with E-state index in [9.17, 15) is 32.7 Å². The first-order chi connectivity index (χ1) is 22.7. The van der Waals surface area contributed by atoms with Gasteiger partial charge in [-0.05, 0) is 61.0 Å². The van der Waals surface area contributed by atoms with Gasteiger partial charge >= 0.3 is 12.2 Å². The van der Waals surface area contributed by atoms with Crippen LogP contribution in [0.4, 0.5) is 29.3 Å². The lowest BCUT2D eigenvalue weighted by molar-refractivity contribution is -0.137. The van der Waals surface area contributed by atoms with Gasteiger partial charge in [-0.2, -0.15) is 13.2 Å². The summed E-state index contributed by atoms with van der Waals surface area (Å²) >= 11 is 0. The Labute approximate surface area is 276 Å². The van der Waals surface area contributed by atoms with Crippen LogP contribution in [0.2, 0.25) is 0 Å². The van der Waals surface area contributed by atoms with Gasteiger partial charge in [0, 0.05) is 55.0 Å². The summed E-state index contributed by atoms with van der Waals surface area (Å²) in [6, 6.07) is 15.6. The van der Waals surface area contributed by atoms with Crippen molar-refractivity contribution in [3.63, 3.8) is 0 Å². The topological polar surface area (TPSA) is 116 Å². The molecule has 0 aliphatic carbocycles. The van der Waals surface area contributed by atoms with E-state index in [4.69, 9.17) is 4.74 Å². The fraction of sp³-hybridized carbons (Fsp3) is 0.343. The van der Waals surface area contributed by atoms with Crippen LogP contribution in [-0.4, -0.2) is 76.2 Å². The number of aromatic nitrogens is 1. The maximum absolute atomic E-state index is 13.8. The Kier molecular flexibility index (Phi) is 9.99. The lowest BCUT2D eigenvalue weighted by Crippen LogP contribution is -2.50. The number of alkyl halides is 3. The maximum atomic E-state index is 13.8. The number of hydrogen-bond donors (Lipinski definition) is 3. The molecule has 0 unspecified atom stereocenters. The minimum absolute atomic E-state index is 0.0755. The molecule has 1 aromatic heterocycles. The summed E-state index contributed by atoms with van der Waals surface area (Å²) < 4.78 is 47.1. The van der Waals surface area contributed by atoms with Gasteiger partial charge in [0.1, 0.15) is 11.9 Å². The molecule has 0 radical (unpaired) electrons. The highest BCUT2D eigenvalue weighted by molar-refractivity contribution is 6.01. The number of anilines is 2. The predicted octanol–water partition coefficient (Wildman–Crippen LogP) is 5.76.